The van der Waals surface area contributed by atoms with Crippen molar-refractivity contribution in [3.8, 4) is 0 Å². The molecule has 0 amide bonds. The molecule has 1 aromatic rings. The van der Waals surface area contributed by atoms with Crippen LogP contribution in [0, 0.1) is 12.3 Å². The third kappa shape index (κ3) is 3.41. The van der Waals surface area contributed by atoms with E-state index in [-0.39, 0.29) is 11.1 Å². The molecule has 1 atom stereocenters. The predicted octanol–water partition coefficient (Wildman–Crippen LogP) is 2.18. The summed E-state index contributed by atoms with van der Waals surface area (Å²) in [6, 6.07) is 0. The Morgan fingerprint density at radius 3 is 2.93 bits per heavy atom. The fourth-order valence-electron chi connectivity index (χ4n) is 1.04. The molecule has 0 fully saturated rings. The van der Waals surface area contributed by atoms with E-state index in [1.165, 1.54) is 11.8 Å². The summed E-state index contributed by atoms with van der Waals surface area (Å²) in [5.41, 5.74) is 6.23. The van der Waals surface area contributed by atoms with Crippen LogP contribution in [0.3, 0.4) is 0 Å². The number of hydrogen-bond donors (Lipinski definition) is 2. The summed E-state index contributed by atoms with van der Waals surface area (Å²) in [6.45, 7) is 3.95. The molecule has 0 radical (unpaired) electrons. The van der Waals surface area contributed by atoms with E-state index in [1.807, 2.05) is 6.92 Å². The van der Waals surface area contributed by atoms with Gasteiger partial charge in [-0.25, -0.2) is 4.98 Å². The molecule has 0 aliphatic rings. The van der Waals surface area contributed by atoms with Gasteiger partial charge in [0.05, 0.1) is 11.5 Å². The lowest BCUT2D eigenvalue weighted by molar-refractivity contribution is 0.452. The smallest absolute Gasteiger partial charge is 0.256 e. The first-order chi connectivity index (χ1) is 6.61. The average molecular weight is 213 g/mol. The number of amidine groups is 1. The van der Waals surface area contributed by atoms with Crippen molar-refractivity contribution in [1.82, 2.24) is 4.98 Å². The summed E-state index contributed by atoms with van der Waals surface area (Å²) in [5, 5.41) is 8.16. The SMILES string of the molecule is CCC(CC(=N)N)Sc1nc(C)co1. The van der Waals surface area contributed by atoms with Crippen molar-refractivity contribution in [2.75, 3.05) is 0 Å². The lowest BCUT2D eigenvalue weighted by Crippen LogP contribution is -2.16. The van der Waals surface area contributed by atoms with Crippen LogP contribution >= 0.6 is 11.8 Å². The highest BCUT2D eigenvalue weighted by Crippen LogP contribution is 2.26. The number of rotatable bonds is 5. The summed E-state index contributed by atoms with van der Waals surface area (Å²) < 4.78 is 5.22. The summed E-state index contributed by atoms with van der Waals surface area (Å²) in [5.74, 6) is 0.215. The van der Waals surface area contributed by atoms with Crippen molar-refractivity contribution in [2.45, 2.75) is 37.2 Å². The van der Waals surface area contributed by atoms with Gasteiger partial charge in [-0.15, -0.1) is 0 Å². The van der Waals surface area contributed by atoms with Gasteiger partial charge in [0.1, 0.15) is 6.26 Å². The largest absolute Gasteiger partial charge is 0.440 e. The normalized spacial score (nSPS) is 12.7. The van der Waals surface area contributed by atoms with Crippen LogP contribution in [-0.4, -0.2) is 16.1 Å². The van der Waals surface area contributed by atoms with E-state index in [0.717, 1.165) is 12.1 Å². The molecule has 1 aromatic heterocycles. The summed E-state index contributed by atoms with van der Waals surface area (Å²) in [6.07, 6.45) is 3.16. The maximum atomic E-state index is 7.21. The van der Waals surface area contributed by atoms with Crippen molar-refractivity contribution < 1.29 is 4.42 Å². The van der Waals surface area contributed by atoms with Gasteiger partial charge in [0.2, 0.25) is 0 Å². The van der Waals surface area contributed by atoms with Gasteiger partial charge in [0, 0.05) is 11.7 Å². The monoisotopic (exact) mass is 213 g/mol. The minimum Gasteiger partial charge on any atom is -0.440 e. The Labute approximate surface area is 87.8 Å². The second-order valence-electron chi connectivity index (χ2n) is 3.13. The van der Waals surface area contributed by atoms with E-state index in [2.05, 4.69) is 11.9 Å². The Kier molecular flexibility index (Phi) is 4.00. The van der Waals surface area contributed by atoms with Crippen LogP contribution in [-0.2, 0) is 0 Å². The fourth-order valence-corrected chi connectivity index (χ4v) is 2.06. The van der Waals surface area contributed by atoms with Gasteiger partial charge in [-0.2, -0.15) is 0 Å². The lowest BCUT2D eigenvalue weighted by atomic mass is 10.2. The first-order valence-corrected chi connectivity index (χ1v) is 5.41. The van der Waals surface area contributed by atoms with E-state index >= 15 is 0 Å². The molecule has 1 heterocycles. The van der Waals surface area contributed by atoms with Crippen LogP contribution in [0.2, 0.25) is 0 Å². The molecule has 0 aliphatic heterocycles. The first-order valence-electron chi connectivity index (χ1n) is 4.53. The van der Waals surface area contributed by atoms with Gasteiger partial charge >= 0.3 is 0 Å². The molecule has 0 saturated carbocycles. The van der Waals surface area contributed by atoms with Gasteiger partial charge < -0.3 is 10.2 Å². The highest BCUT2D eigenvalue weighted by molar-refractivity contribution is 7.99. The zero-order valence-electron chi connectivity index (χ0n) is 8.41. The second-order valence-corrected chi connectivity index (χ2v) is 4.38. The zero-order chi connectivity index (χ0) is 10.6. The number of nitrogens with one attached hydrogen (secondary N) is 1. The van der Waals surface area contributed by atoms with Gasteiger partial charge in [0.15, 0.2) is 0 Å². The van der Waals surface area contributed by atoms with Gasteiger partial charge in [-0.05, 0) is 13.3 Å². The third-order valence-electron chi connectivity index (χ3n) is 1.77. The Morgan fingerprint density at radius 1 is 1.79 bits per heavy atom. The van der Waals surface area contributed by atoms with E-state index in [1.54, 1.807) is 6.26 Å². The van der Waals surface area contributed by atoms with E-state index in [9.17, 15) is 0 Å². The summed E-state index contributed by atoms with van der Waals surface area (Å²) in [7, 11) is 0. The molecule has 5 heteroatoms. The van der Waals surface area contributed by atoms with Crippen LogP contribution in [0.1, 0.15) is 25.5 Å². The van der Waals surface area contributed by atoms with Gasteiger partial charge in [-0.1, -0.05) is 18.7 Å². The third-order valence-corrected chi connectivity index (χ3v) is 2.99. The Hall–Kier alpha value is -0.970. The van der Waals surface area contributed by atoms with E-state index in [0.29, 0.717) is 11.6 Å². The zero-order valence-corrected chi connectivity index (χ0v) is 9.23. The Morgan fingerprint density at radius 2 is 2.50 bits per heavy atom. The van der Waals surface area contributed by atoms with Crippen molar-refractivity contribution >= 4 is 17.6 Å². The van der Waals surface area contributed by atoms with Crippen LogP contribution in [0.5, 0.6) is 0 Å². The maximum absolute atomic E-state index is 7.21. The molecule has 78 valence electrons. The van der Waals surface area contributed by atoms with Gasteiger partial charge in [0.25, 0.3) is 5.22 Å². The number of thioether (sulfide) groups is 1. The number of nitrogens with two attached hydrogens (primary N) is 1. The molecule has 1 unspecified atom stereocenters. The Balaban J connectivity index is 2.52. The molecule has 1 rings (SSSR count). The molecule has 0 aliphatic carbocycles. The quantitative estimate of drug-likeness (QED) is 0.446. The molecule has 0 saturated heterocycles. The molecule has 0 bridgehead atoms. The predicted molar refractivity (Wildman–Crippen MR) is 57.7 cm³/mol. The fraction of sp³-hybridized carbons (Fsp3) is 0.556. The number of oxazole rings is 1. The highest BCUT2D eigenvalue weighted by atomic mass is 32.2. The van der Waals surface area contributed by atoms with Crippen molar-refractivity contribution in [3.05, 3.63) is 12.0 Å². The molecule has 4 nitrogen and oxygen atoms in total. The molecule has 0 spiro atoms. The average Bonchev–Trinajstić information content (AvgIpc) is 2.49. The van der Waals surface area contributed by atoms with E-state index < -0.39 is 0 Å². The molecular formula is C9H15N3OS. The van der Waals surface area contributed by atoms with Crippen LogP contribution < -0.4 is 5.73 Å². The van der Waals surface area contributed by atoms with Crippen molar-refractivity contribution in [1.29, 1.82) is 5.41 Å². The van der Waals surface area contributed by atoms with Crippen molar-refractivity contribution in [2.24, 2.45) is 5.73 Å². The van der Waals surface area contributed by atoms with Crippen LogP contribution in [0.15, 0.2) is 15.9 Å². The molecule has 0 aromatic carbocycles. The lowest BCUT2D eigenvalue weighted by Gasteiger charge is -2.09. The van der Waals surface area contributed by atoms with E-state index in [4.69, 9.17) is 15.6 Å². The van der Waals surface area contributed by atoms with Crippen LogP contribution in [0.4, 0.5) is 0 Å². The number of nitrogens with zero attached hydrogens (tertiary/aromatic N) is 1. The standard InChI is InChI=1S/C9H15N3OS/c1-3-7(4-8(10)11)14-9-12-6(2)5-13-9/h5,7H,3-4H2,1-2H3,(H3,10,11). The number of aromatic nitrogens is 1. The first kappa shape index (κ1) is 11.1. The topological polar surface area (TPSA) is 75.9 Å². The highest BCUT2D eigenvalue weighted by Gasteiger charge is 2.12. The molecule has 14 heavy (non-hydrogen) atoms. The summed E-state index contributed by atoms with van der Waals surface area (Å²) in [4.78, 5) is 4.19. The maximum Gasteiger partial charge on any atom is 0.256 e. The van der Waals surface area contributed by atoms with Gasteiger partial charge in [-0.3, -0.25) is 5.41 Å². The molecule has 3 N–H and O–H groups in total. The minimum absolute atomic E-state index is 0.215. The second kappa shape index (κ2) is 5.05. The number of aryl methyl sites for hydroxylation is 1. The minimum atomic E-state index is 0.215. The van der Waals surface area contributed by atoms with Crippen LogP contribution in [0.25, 0.3) is 0 Å². The van der Waals surface area contributed by atoms with Crippen molar-refractivity contribution in [3.63, 3.8) is 0 Å². The summed E-state index contributed by atoms with van der Waals surface area (Å²) >= 11 is 1.54. The number of hydrogen-bond acceptors (Lipinski definition) is 4. The Bertz CT molecular complexity index is 311. The molecular weight excluding hydrogens is 198 g/mol.